The Kier molecular flexibility index (Phi) is 3.10. The number of nitrogens with zero attached hydrogens (tertiary/aromatic N) is 2. The van der Waals surface area contributed by atoms with Gasteiger partial charge in [-0.05, 0) is 24.6 Å². The first-order chi connectivity index (χ1) is 7.70. The van der Waals surface area contributed by atoms with Gasteiger partial charge in [0.25, 0.3) is 0 Å². The van der Waals surface area contributed by atoms with Gasteiger partial charge in [-0.1, -0.05) is 17.8 Å². The summed E-state index contributed by atoms with van der Waals surface area (Å²) in [4.78, 5) is 16.0. The summed E-state index contributed by atoms with van der Waals surface area (Å²) in [7, 11) is 1.96. The lowest BCUT2D eigenvalue weighted by atomic mass is 10.1. The van der Waals surface area contributed by atoms with Gasteiger partial charge in [0.2, 0.25) is 0 Å². The van der Waals surface area contributed by atoms with Gasteiger partial charge in [-0.15, -0.1) is 0 Å². The van der Waals surface area contributed by atoms with Crippen molar-refractivity contribution in [2.45, 2.75) is 17.0 Å². The summed E-state index contributed by atoms with van der Waals surface area (Å²) in [6, 6.07) is 5.78. The number of carbonyl (C=O) groups excluding carboxylic acids is 1. The minimum atomic E-state index is 0.740. The molecule has 0 N–H and O–H groups in total. The van der Waals surface area contributed by atoms with Crippen LogP contribution in [0.25, 0.3) is 0 Å². The molecule has 4 heteroatoms. The van der Waals surface area contributed by atoms with Gasteiger partial charge in [0.1, 0.15) is 6.29 Å². The van der Waals surface area contributed by atoms with Crippen molar-refractivity contribution in [1.82, 2.24) is 9.55 Å². The number of benzene rings is 1. The number of carbonyl (C=O) groups is 1. The van der Waals surface area contributed by atoms with Crippen molar-refractivity contribution in [3.8, 4) is 0 Å². The second-order valence-corrected chi connectivity index (χ2v) is 4.60. The lowest BCUT2D eigenvalue weighted by molar-refractivity contribution is 0.112. The topological polar surface area (TPSA) is 34.9 Å². The highest BCUT2D eigenvalue weighted by Crippen LogP contribution is 2.26. The number of hydrogen-bond donors (Lipinski definition) is 0. The molecule has 2 aromatic rings. The van der Waals surface area contributed by atoms with E-state index in [0.29, 0.717) is 0 Å². The first-order valence-electron chi connectivity index (χ1n) is 4.91. The first-order valence-corrected chi connectivity index (χ1v) is 5.73. The lowest BCUT2D eigenvalue weighted by Crippen LogP contribution is -1.90. The van der Waals surface area contributed by atoms with Crippen LogP contribution in [0.15, 0.2) is 40.6 Å². The summed E-state index contributed by atoms with van der Waals surface area (Å²) in [6.45, 7) is 1.94. The summed E-state index contributed by atoms with van der Waals surface area (Å²) in [5, 5.41) is 0.943. The molecule has 0 aliphatic carbocycles. The van der Waals surface area contributed by atoms with Gasteiger partial charge in [-0.2, -0.15) is 0 Å². The average Bonchev–Trinajstić information content (AvgIpc) is 2.65. The summed E-state index contributed by atoms with van der Waals surface area (Å²) < 4.78 is 1.97. The molecule has 0 fully saturated rings. The molecule has 0 aliphatic rings. The molecule has 2 rings (SSSR count). The molecule has 0 spiro atoms. The maximum atomic E-state index is 10.7. The van der Waals surface area contributed by atoms with Crippen LogP contribution in [0.1, 0.15) is 15.9 Å². The van der Waals surface area contributed by atoms with Gasteiger partial charge in [-0.25, -0.2) is 4.98 Å². The van der Waals surface area contributed by atoms with Crippen LogP contribution in [0.2, 0.25) is 0 Å². The van der Waals surface area contributed by atoms with Gasteiger partial charge < -0.3 is 4.57 Å². The van der Waals surface area contributed by atoms with Gasteiger partial charge in [-0.3, -0.25) is 4.79 Å². The van der Waals surface area contributed by atoms with Crippen molar-refractivity contribution in [2.24, 2.45) is 7.05 Å². The predicted octanol–water partition coefficient (Wildman–Crippen LogP) is 2.69. The van der Waals surface area contributed by atoms with Crippen LogP contribution < -0.4 is 0 Å². The van der Waals surface area contributed by atoms with Crippen molar-refractivity contribution < 1.29 is 4.79 Å². The molecule has 3 nitrogen and oxygen atoms in total. The predicted molar refractivity (Wildman–Crippen MR) is 63.9 cm³/mol. The fourth-order valence-electron chi connectivity index (χ4n) is 1.40. The highest BCUT2D eigenvalue weighted by molar-refractivity contribution is 7.99. The molecule has 1 heterocycles. The number of hydrogen-bond acceptors (Lipinski definition) is 3. The van der Waals surface area contributed by atoms with E-state index in [1.165, 1.54) is 0 Å². The Morgan fingerprint density at radius 3 is 2.81 bits per heavy atom. The van der Waals surface area contributed by atoms with Crippen LogP contribution >= 0.6 is 11.8 Å². The fourth-order valence-corrected chi connectivity index (χ4v) is 2.30. The summed E-state index contributed by atoms with van der Waals surface area (Å²) in [5.74, 6) is 0. The Morgan fingerprint density at radius 2 is 2.25 bits per heavy atom. The zero-order chi connectivity index (χ0) is 11.5. The normalized spacial score (nSPS) is 10.4. The Morgan fingerprint density at radius 1 is 1.44 bits per heavy atom. The van der Waals surface area contributed by atoms with Crippen molar-refractivity contribution in [3.05, 3.63) is 41.7 Å². The van der Waals surface area contributed by atoms with Crippen molar-refractivity contribution in [3.63, 3.8) is 0 Å². The molecule has 1 aromatic heterocycles. The van der Waals surface area contributed by atoms with Crippen LogP contribution in [0.3, 0.4) is 0 Å². The number of imidazole rings is 1. The van der Waals surface area contributed by atoms with E-state index >= 15 is 0 Å². The summed E-state index contributed by atoms with van der Waals surface area (Å²) in [5.41, 5.74) is 1.73. The lowest BCUT2D eigenvalue weighted by Gasteiger charge is -2.04. The Balaban J connectivity index is 2.26. The molecule has 0 aliphatic heterocycles. The second-order valence-electron chi connectivity index (χ2n) is 3.56. The smallest absolute Gasteiger partial charge is 0.172 e. The third-order valence-corrected chi connectivity index (χ3v) is 3.42. The van der Waals surface area contributed by atoms with Gasteiger partial charge in [0.05, 0.1) is 0 Å². The molecule has 0 bridgehead atoms. The Bertz CT molecular complexity index is 519. The molecule has 0 atom stereocenters. The van der Waals surface area contributed by atoms with Crippen LogP contribution in [0, 0.1) is 6.92 Å². The number of aryl methyl sites for hydroxylation is 2. The summed E-state index contributed by atoms with van der Waals surface area (Å²) in [6.07, 6.45) is 4.56. The van der Waals surface area contributed by atoms with Gasteiger partial charge >= 0.3 is 0 Å². The van der Waals surface area contributed by atoms with E-state index in [0.717, 1.165) is 27.5 Å². The third-order valence-electron chi connectivity index (χ3n) is 2.35. The minimum Gasteiger partial charge on any atom is -0.329 e. The van der Waals surface area contributed by atoms with E-state index in [-0.39, 0.29) is 0 Å². The van der Waals surface area contributed by atoms with Gasteiger partial charge in [0.15, 0.2) is 5.16 Å². The molecule has 0 amide bonds. The number of rotatable bonds is 3. The highest BCUT2D eigenvalue weighted by atomic mass is 32.2. The molecule has 0 unspecified atom stereocenters. The maximum absolute atomic E-state index is 10.7. The molecule has 16 heavy (non-hydrogen) atoms. The average molecular weight is 232 g/mol. The summed E-state index contributed by atoms with van der Waals surface area (Å²) >= 11 is 1.59. The van der Waals surface area contributed by atoms with E-state index in [9.17, 15) is 4.79 Å². The fraction of sp³-hybridized carbons (Fsp3) is 0.167. The van der Waals surface area contributed by atoms with E-state index in [1.807, 2.05) is 42.9 Å². The van der Waals surface area contributed by atoms with Crippen LogP contribution in [0.4, 0.5) is 0 Å². The Hall–Kier alpha value is -1.55. The van der Waals surface area contributed by atoms with E-state index < -0.39 is 0 Å². The molecule has 0 radical (unpaired) electrons. The Labute approximate surface area is 98.5 Å². The standard InChI is InChI=1S/C12H12N2OS/c1-9-7-11(4-3-10(9)8-15)16-12-13-5-6-14(12)2/h3-8H,1-2H3. The molecular formula is C12H12N2OS. The maximum Gasteiger partial charge on any atom is 0.172 e. The highest BCUT2D eigenvalue weighted by Gasteiger charge is 2.04. The van der Waals surface area contributed by atoms with E-state index in [4.69, 9.17) is 0 Å². The first kappa shape index (κ1) is 11.0. The zero-order valence-electron chi connectivity index (χ0n) is 9.18. The second kappa shape index (κ2) is 4.53. The van der Waals surface area contributed by atoms with Crippen LogP contribution in [-0.2, 0) is 7.05 Å². The molecule has 1 aromatic carbocycles. The number of aldehydes is 1. The van der Waals surface area contributed by atoms with Crippen LogP contribution in [-0.4, -0.2) is 15.8 Å². The quantitative estimate of drug-likeness (QED) is 0.763. The molecular weight excluding hydrogens is 220 g/mol. The van der Waals surface area contributed by atoms with Crippen molar-refractivity contribution in [2.75, 3.05) is 0 Å². The largest absolute Gasteiger partial charge is 0.329 e. The zero-order valence-corrected chi connectivity index (χ0v) is 9.99. The van der Waals surface area contributed by atoms with Gasteiger partial charge in [0, 0.05) is 29.9 Å². The monoisotopic (exact) mass is 232 g/mol. The minimum absolute atomic E-state index is 0.740. The third kappa shape index (κ3) is 2.17. The van der Waals surface area contributed by atoms with E-state index in [2.05, 4.69) is 4.98 Å². The molecule has 82 valence electrons. The molecule has 0 saturated carbocycles. The number of aromatic nitrogens is 2. The van der Waals surface area contributed by atoms with E-state index in [1.54, 1.807) is 18.0 Å². The van der Waals surface area contributed by atoms with Crippen LogP contribution in [0.5, 0.6) is 0 Å². The molecule has 0 saturated heterocycles. The van der Waals surface area contributed by atoms with Crippen molar-refractivity contribution in [1.29, 1.82) is 0 Å². The SMILES string of the molecule is Cc1cc(Sc2nccn2C)ccc1C=O. The van der Waals surface area contributed by atoms with Crippen molar-refractivity contribution >= 4 is 18.0 Å².